The first-order valence-corrected chi connectivity index (χ1v) is 8.31. The highest BCUT2D eigenvalue weighted by Crippen LogP contribution is 2.34. The number of benzene rings is 1. The number of thioether (sulfide) groups is 1. The summed E-state index contributed by atoms with van der Waals surface area (Å²) in [6.07, 6.45) is 6.08. The lowest BCUT2D eigenvalue weighted by Crippen LogP contribution is -2.12. The van der Waals surface area contributed by atoms with Gasteiger partial charge in [-0.05, 0) is 31.0 Å². The number of rotatable bonds is 6. The van der Waals surface area contributed by atoms with Crippen molar-refractivity contribution in [2.75, 3.05) is 20.0 Å². The Bertz CT molecular complexity index is 416. The van der Waals surface area contributed by atoms with Crippen LogP contribution in [0.1, 0.15) is 43.8 Å². The minimum Gasteiger partial charge on any atom is -0.497 e. The molecule has 1 aromatic rings. The van der Waals surface area contributed by atoms with Gasteiger partial charge in [-0.1, -0.05) is 19.3 Å². The molecule has 1 atom stereocenters. The molecule has 0 bridgehead atoms. The fraction of sp³-hybridized carbons (Fsp3) is 0.625. The number of hydrogen-bond donors (Lipinski definition) is 1. The van der Waals surface area contributed by atoms with Crippen molar-refractivity contribution in [3.8, 4) is 11.5 Å². The molecule has 0 amide bonds. The van der Waals surface area contributed by atoms with E-state index in [1.54, 1.807) is 14.2 Å². The molecule has 1 N–H and O–H groups in total. The number of ether oxygens (including phenoxy) is 2. The van der Waals surface area contributed by atoms with Crippen LogP contribution in [0.4, 0.5) is 0 Å². The number of methoxy groups -OCH3 is 2. The predicted octanol–water partition coefficient (Wildman–Crippen LogP) is 3.80. The zero-order chi connectivity index (χ0) is 14.4. The molecule has 1 unspecified atom stereocenters. The molecule has 0 aliphatic heterocycles. The van der Waals surface area contributed by atoms with E-state index in [9.17, 15) is 5.11 Å². The van der Waals surface area contributed by atoms with Crippen LogP contribution in [0.25, 0.3) is 0 Å². The Labute approximate surface area is 125 Å². The summed E-state index contributed by atoms with van der Waals surface area (Å²) < 4.78 is 10.6. The molecule has 1 aliphatic rings. The van der Waals surface area contributed by atoms with Gasteiger partial charge in [-0.25, -0.2) is 0 Å². The van der Waals surface area contributed by atoms with Gasteiger partial charge in [0.2, 0.25) is 0 Å². The maximum atomic E-state index is 10.4. The monoisotopic (exact) mass is 296 g/mol. The van der Waals surface area contributed by atoms with Gasteiger partial charge in [-0.3, -0.25) is 0 Å². The second-order valence-electron chi connectivity index (χ2n) is 5.22. The maximum Gasteiger partial charge on any atom is 0.124 e. The number of aliphatic hydroxyl groups is 1. The van der Waals surface area contributed by atoms with Gasteiger partial charge in [0.25, 0.3) is 0 Å². The number of aliphatic hydroxyl groups excluding tert-OH is 1. The molecule has 0 heterocycles. The number of hydrogen-bond acceptors (Lipinski definition) is 4. The lowest BCUT2D eigenvalue weighted by Gasteiger charge is -2.23. The van der Waals surface area contributed by atoms with Crippen LogP contribution in [-0.2, 0) is 0 Å². The van der Waals surface area contributed by atoms with Gasteiger partial charge in [-0.2, -0.15) is 11.8 Å². The first-order chi connectivity index (χ1) is 9.74. The molecule has 4 heteroatoms. The van der Waals surface area contributed by atoms with Gasteiger partial charge in [0.15, 0.2) is 0 Å². The summed E-state index contributed by atoms with van der Waals surface area (Å²) in [5, 5.41) is 11.1. The van der Waals surface area contributed by atoms with Crippen LogP contribution in [0, 0.1) is 0 Å². The van der Waals surface area contributed by atoms with Gasteiger partial charge < -0.3 is 14.6 Å². The van der Waals surface area contributed by atoms with Gasteiger partial charge in [0, 0.05) is 16.6 Å². The second-order valence-corrected chi connectivity index (χ2v) is 6.55. The third-order valence-electron chi connectivity index (χ3n) is 3.84. The average Bonchev–Trinajstić information content (AvgIpc) is 2.52. The smallest absolute Gasteiger partial charge is 0.124 e. The molecule has 1 fully saturated rings. The molecule has 0 saturated heterocycles. The molecule has 0 spiro atoms. The van der Waals surface area contributed by atoms with Crippen molar-refractivity contribution in [2.24, 2.45) is 0 Å². The minimum atomic E-state index is -0.507. The summed E-state index contributed by atoms with van der Waals surface area (Å²) in [4.78, 5) is 0. The van der Waals surface area contributed by atoms with E-state index in [-0.39, 0.29) is 0 Å². The zero-order valence-corrected chi connectivity index (χ0v) is 13.1. The van der Waals surface area contributed by atoms with Crippen molar-refractivity contribution in [3.63, 3.8) is 0 Å². The standard InChI is InChI=1S/C16H24O3S/c1-18-12-8-9-16(19-2)14(10-12)15(17)11-20-13-6-4-3-5-7-13/h8-10,13,15,17H,3-7,11H2,1-2H3. The quantitative estimate of drug-likeness (QED) is 0.866. The van der Waals surface area contributed by atoms with Gasteiger partial charge in [0.1, 0.15) is 11.5 Å². The fourth-order valence-electron chi connectivity index (χ4n) is 2.65. The van der Waals surface area contributed by atoms with Crippen LogP contribution in [0.3, 0.4) is 0 Å². The van der Waals surface area contributed by atoms with Crippen molar-refractivity contribution in [1.29, 1.82) is 0 Å². The van der Waals surface area contributed by atoms with E-state index in [0.29, 0.717) is 11.0 Å². The highest BCUT2D eigenvalue weighted by atomic mass is 32.2. The van der Waals surface area contributed by atoms with Crippen LogP contribution < -0.4 is 9.47 Å². The summed E-state index contributed by atoms with van der Waals surface area (Å²) in [5.41, 5.74) is 0.815. The second kappa shape index (κ2) is 7.79. The Kier molecular flexibility index (Phi) is 6.05. The van der Waals surface area contributed by atoms with E-state index in [1.165, 1.54) is 32.1 Å². The first-order valence-electron chi connectivity index (χ1n) is 7.26. The molecule has 3 nitrogen and oxygen atoms in total. The van der Waals surface area contributed by atoms with Crippen molar-refractivity contribution in [2.45, 2.75) is 43.5 Å². The Hall–Kier alpha value is -0.870. The molecule has 1 saturated carbocycles. The van der Waals surface area contributed by atoms with Crippen molar-refractivity contribution in [1.82, 2.24) is 0 Å². The SMILES string of the molecule is COc1ccc(OC)c(C(O)CSC2CCCCC2)c1. The first kappa shape index (κ1) is 15.5. The highest BCUT2D eigenvalue weighted by Gasteiger charge is 2.19. The fourth-order valence-corrected chi connectivity index (χ4v) is 3.95. The van der Waals surface area contributed by atoms with E-state index in [1.807, 2.05) is 30.0 Å². The van der Waals surface area contributed by atoms with E-state index in [0.717, 1.165) is 17.1 Å². The van der Waals surface area contributed by atoms with Crippen molar-refractivity contribution >= 4 is 11.8 Å². The van der Waals surface area contributed by atoms with Crippen molar-refractivity contribution in [3.05, 3.63) is 23.8 Å². The van der Waals surface area contributed by atoms with Crippen LogP contribution in [0.15, 0.2) is 18.2 Å². The van der Waals surface area contributed by atoms with E-state index >= 15 is 0 Å². The molecule has 112 valence electrons. The largest absolute Gasteiger partial charge is 0.497 e. The molecular formula is C16H24O3S. The summed E-state index contributed by atoms with van der Waals surface area (Å²) in [6.45, 7) is 0. The van der Waals surface area contributed by atoms with Gasteiger partial charge in [-0.15, -0.1) is 0 Å². The molecule has 1 aromatic carbocycles. The van der Waals surface area contributed by atoms with Crippen LogP contribution in [-0.4, -0.2) is 30.3 Å². The van der Waals surface area contributed by atoms with Gasteiger partial charge in [0.05, 0.1) is 20.3 Å². The van der Waals surface area contributed by atoms with Gasteiger partial charge >= 0.3 is 0 Å². The topological polar surface area (TPSA) is 38.7 Å². The normalized spacial score (nSPS) is 17.8. The van der Waals surface area contributed by atoms with Crippen molar-refractivity contribution < 1.29 is 14.6 Å². The van der Waals surface area contributed by atoms with E-state index in [4.69, 9.17) is 9.47 Å². The highest BCUT2D eigenvalue weighted by molar-refractivity contribution is 7.99. The molecule has 0 aromatic heterocycles. The lowest BCUT2D eigenvalue weighted by atomic mass is 10.0. The molecule has 1 aliphatic carbocycles. The summed E-state index contributed by atoms with van der Waals surface area (Å²) >= 11 is 1.89. The summed E-state index contributed by atoms with van der Waals surface area (Å²) in [6, 6.07) is 5.57. The Morgan fingerprint density at radius 1 is 1.20 bits per heavy atom. The average molecular weight is 296 g/mol. The maximum absolute atomic E-state index is 10.4. The van der Waals surface area contributed by atoms with Crippen LogP contribution in [0.2, 0.25) is 0 Å². The Morgan fingerprint density at radius 2 is 1.95 bits per heavy atom. The third-order valence-corrected chi connectivity index (χ3v) is 5.29. The Balaban J connectivity index is 1.98. The molecular weight excluding hydrogens is 272 g/mol. The summed E-state index contributed by atoms with van der Waals surface area (Å²) in [5.74, 6) is 2.19. The summed E-state index contributed by atoms with van der Waals surface area (Å²) in [7, 11) is 3.26. The predicted molar refractivity (Wildman–Crippen MR) is 83.8 cm³/mol. The molecule has 2 rings (SSSR count). The van der Waals surface area contributed by atoms with E-state index in [2.05, 4.69) is 0 Å². The van der Waals surface area contributed by atoms with E-state index < -0.39 is 6.10 Å². The Morgan fingerprint density at radius 3 is 2.60 bits per heavy atom. The third kappa shape index (κ3) is 4.06. The molecule has 0 radical (unpaired) electrons. The zero-order valence-electron chi connectivity index (χ0n) is 12.3. The van der Waals surface area contributed by atoms with Crippen LogP contribution in [0.5, 0.6) is 11.5 Å². The molecule has 20 heavy (non-hydrogen) atoms. The lowest BCUT2D eigenvalue weighted by molar-refractivity contribution is 0.198. The van der Waals surface area contributed by atoms with Crippen LogP contribution >= 0.6 is 11.8 Å². The minimum absolute atomic E-state index is 0.507.